The van der Waals surface area contributed by atoms with Crippen LogP contribution in [0.25, 0.3) is 11.0 Å². The lowest BCUT2D eigenvalue weighted by Gasteiger charge is -2.14. The fourth-order valence-electron chi connectivity index (χ4n) is 2.56. The second-order valence-electron chi connectivity index (χ2n) is 5.69. The van der Waals surface area contributed by atoms with Crippen molar-refractivity contribution in [2.24, 2.45) is 4.99 Å². The molecule has 0 spiro atoms. The third-order valence-electron chi connectivity index (χ3n) is 3.68. The van der Waals surface area contributed by atoms with E-state index in [1.54, 1.807) is 21.9 Å². The van der Waals surface area contributed by atoms with Crippen LogP contribution in [0.15, 0.2) is 22.2 Å². The van der Waals surface area contributed by atoms with Crippen molar-refractivity contribution in [3.8, 4) is 0 Å². The summed E-state index contributed by atoms with van der Waals surface area (Å²) in [6.45, 7) is -0.261. The maximum Gasteiger partial charge on any atom is 0.277 e. The summed E-state index contributed by atoms with van der Waals surface area (Å²) in [5, 5.41) is 19.1. The normalized spacial score (nSPS) is 24.8. The zero-order valence-electron chi connectivity index (χ0n) is 12.9. The quantitative estimate of drug-likeness (QED) is 0.520. The first-order chi connectivity index (χ1) is 11.0. The van der Waals surface area contributed by atoms with Crippen LogP contribution < -0.4 is 5.56 Å². The first-order valence-electron chi connectivity index (χ1n) is 7.24. The minimum absolute atomic E-state index is 0.261. The van der Waals surface area contributed by atoms with Gasteiger partial charge >= 0.3 is 0 Å². The van der Waals surface area contributed by atoms with E-state index >= 15 is 0 Å². The van der Waals surface area contributed by atoms with E-state index < -0.39 is 18.4 Å². The van der Waals surface area contributed by atoms with Crippen LogP contribution in [0.4, 0.5) is 5.82 Å². The van der Waals surface area contributed by atoms with Crippen LogP contribution in [-0.2, 0) is 4.74 Å². The van der Waals surface area contributed by atoms with Gasteiger partial charge in [0.05, 0.1) is 30.9 Å². The molecule has 1 aliphatic heterocycles. The van der Waals surface area contributed by atoms with Gasteiger partial charge in [0.2, 0.25) is 0 Å². The highest BCUT2D eigenvalue weighted by atomic mass is 16.5. The third kappa shape index (κ3) is 2.98. The Morgan fingerprint density at radius 3 is 3.04 bits per heavy atom. The van der Waals surface area contributed by atoms with Crippen LogP contribution in [0.1, 0.15) is 12.6 Å². The van der Waals surface area contributed by atoms with Gasteiger partial charge < -0.3 is 29.4 Å². The molecule has 124 valence electrons. The summed E-state index contributed by atoms with van der Waals surface area (Å²) in [5.41, 5.74) is 0.499. The molecule has 1 fully saturated rings. The lowest BCUT2D eigenvalue weighted by atomic mass is 10.2. The first kappa shape index (κ1) is 15.7. The van der Waals surface area contributed by atoms with Crippen molar-refractivity contribution in [1.29, 1.82) is 0 Å². The van der Waals surface area contributed by atoms with E-state index in [0.29, 0.717) is 17.8 Å². The lowest BCUT2D eigenvalue weighted by Crippen LogP contribution is -2.24. The molecule has 23 heavy (non-hydrogen) atoms. The summed E-state index contributed by atoms with van der Waals surface area (Å²) in [6, 6.07) is 1.70. The van der Waals surface area contributed by atoms with Gasteiger partial charge in [-0.1, -0.05) is 0 Å². The fourth-order valence-corrected chi connectivity index (χ4v) is 2.56. The molecule has 0 radical (unpaired) electrons. The molecule has 0 bridgehead atoms. The number of fused-ring (bicyclic) bond motifs is 1. The van der Waals surface area contributed by atoms with Crippen LogP contribution in [0.3, 0.4) is 0 Å². The van der Waals surface area contributed by atoms with Crippen molar-refractivity contribution in [3.63, 3.8) is 0 Å². The second-order valence-corrected chi connectivity index (χ2v) is 5.69. The zero-order chi connectivity index (χ0) is 16.6. The van der Waals surface area contributed by atoms with Gasteiger partial charge in [-0.05, 0) is 0 Å². The highest BCUT2D eigenvalue weighted by Crippen LogP contribution is 2.31. The predicted octanol–water partition coefficient (Wildman–Crippen LogP) is -0.413. The molecule has 3 rings (SSSR count). The fraction of sp³-hybridized carbons (Fsp3) is 0.500. The van der Waals surface area contributed by atoms with E-state index in [4.69, 9.17) is 4.74 Å². The van der Waals surface area contributed by atoms with Gasteiger partial charge in [0, 0.05) is 26.6 Å². The molecular formula is C14H19N5O4. The molecule has 2 aromatic rings. The largest absolute Gasteiger partial charge is 0.394 e. The maximum absolute atomic E-state index is 12.1. The van der Waals surface area contributed by atoms with E-state index in [2.05, 4.69) is 15.0 Å². The van der Waals surface area contributed by atoms with Crippen LogP contribution in [0.5, 0.6) is 0 Å². The molecule has 0 saturated carbocycles. The Kier molecular flexibility index (Phi) is 4.16. The molecule has 0 unspecified atom stereocenters. The number of hydrogen-bond donors (Lipinski definition) is 3. The molecule has 0 aliphatic carbocycles. The molecule has 0 aromatic carbocycles. The van der Waals surface area contributed by atoms with Crippen molar-refractivity contribution in [2.75, 3.05) is 20.7 Å². The molecule has 3 atom stereocenters. The maximum atomic E-state index is 12.1. The number of aromatic nitrogens is 3. The average Bonchev–Trinajstić information content (AvgIpc) is 3.08. The number of aliphatic hydroxyl groups excluding tert-OH is 2. The number of nitrogens with one attached hydrogen (secondary N) is 1. The lowest BCUT2D eigenvalue weighted by molar-refractivity contribution is -0.0430. The molecule has 3 heterocycles. The molecule has 9 nitrogen and oxygen atoms in total. The average molecular weight is 321 g/mol. The van der Waals surface area contributed by atoms with Crippen molar-refractivity contribution in [3.05, 3.63) is 22.7 Å². The van der Waals surface area contributed by atoms with Gasteiger partial charge in [0.15, 0.2) is 5.52 Å². The Bertz CT molecular complexity index is 781. The molecule has 1 aliphatic rings. The number of imidazole rings is 1. The number of pyridine rings is 1. The van der Waals surface area contributed by atoms with E-state index in [1.807, 2.05) is 14.1 Å². The number of nitrogens with zero attached hydrogens (tertiary/aromatic N) is 4. The standard InChI is InChI=1S/C14H19N5O4/c1-18(2)6-15-11-3-8-13(14(22)17-11)16-7-19(8)12-4-9(21)10(5-20)23-12/h3,6-7,9-10,12,20-21H,4-5H2,1-2H3,(H,17,22)/t9-,10+,12+/m0/s1. The summed E-state index contributed by atoms with van der Waals surface area (Å²) in [4.78, 5) is 24.8. The Morgan fingerprint density at radius 2 is 2.39 bits per heavy atom. The number of ether oxygens (including phenoxy) is 1. The summed E-state index contributed by atoms with van der Waals surface area (Å²) in [5.74, 6) is 0.398. The minimum atomic E-state index is -0.754. The SMILES string of the molecule is CN(C)C=Nc1cc2c(ncn2[C@H]2C[C@H](O)[C@@H](CO)O2)c(=O)[nH]1. The van der Waals surface area contributed by atoms with E-state index in [0.717, 1.165) is 0 Å². The number of aliphatic imine (C=N–C) groups is 1. The number of rotatable bonds is 4. The smallest absolute Gasteiger partial charge is 0.277 e. The van der Waals surface area contributed by atoms with Crippen molar-refractivity contribution >= 4 is 23.2 Å². The van der Waals surface area contributed by atoms with Gasteiger partial charge in [-0.3, -0.25) is 4.79 Å². The first-order valence-corrected chi connectivity index (χ1v) is 7.24. The number of aromatic amines is 1. The van der Waals surface area contributed by atoms with Gasteiger partial charge in [-0.25, -0.2) is 9.98 Å². The van der Waals surface area contributed by atoms with Gasteiger partial charge in [0.1, 0.15) is 18.1 Å². The van der Waals surface area contributed by atoms with Crippen LogP contribution in [0.2, 0.25) is 0 Å². The van der Waals surface area contributed by atoms with Crippen LogP contribution in [-0.4, -0.2) is 68.9 Å². The Hall–Kier alpha value is -2.23. The monoisotopic (exact) mass is 321 g/mol. The third-order valence-corrected chi connectivity index (χ3v) is 3.68. The zero-order valence-corrected chi connectivity index (χ0v) is 12.9. The Balaban J connectivity index is 2.00. The molecule has 3 N–H and O–H groups in total. The van der Waals surface area contributed by atoms with Gasteiger partial charge in [-0.15, -0.1) is 0 Å². The van der Waals surface area contributed by atoms with Crippen LogP contribution in [0, 0.1) is 0 Å². The highest BCUT2D eigenvalue weighted by molar-refractivity contribution is 5.77. The highest BCUT2D eigenvalue weighted by Gasteiger charge is 2.35. The summed E-state index contributed by atoms with van der Waals surface area (Å²) in [6.07, 6.45) is 1.52. The molecule has 2 aromatic heterocycles. The van der Waals surface area contributed by atoms with E-state index in [9.17, 15) is 15.0 Å². The van der Waals surface area contributed by atoms with E-state index in [1.165, 1.54) is 6.33 Å². The van der Waals surface area contributed by atoms with Crippen molar-refractivity contribution in [2.45, 2.75) is 24.9 Å². The molecule has 9 heteroatoms. The summed E-state index contributed by atoms with van der Waals surface area (Å²) < 4.78 is 7.30. The number of H-pyrrole nitrogens is 1. The summed E-state index contributed by atoms with van der Waals surface area (Å²) in [7, 11) is 3.65. The van der Waals surface area contributed by atoms with E-state index in [-0.39, 0.29) is 17.7 Å². The number of hydrogen-bond acceptors (Lipinski definition) is 6. The van der Waals surface area contributed by atoms with Crippen molar-refractivity contribution in [1.82, 2.24) is 19.4 Å². The van der Waals surface area contributed by atoms with Crippen LogP contribution >= 0.6 is 0 Å². The number of aliphatic hydroxyl groups is 2. The van der Waals surface area contributed by atoms with Gasteiger partial charge in [0.25, 0.3) is 5.56 Å². The Morgan fingerprint density at radius 1 is 1.61 bits per heavy atom. The minimum Gasteiger partial charge on any atom is -0.394 e. The second kappa shape index (κ2) is 6.11. The molecule has 1 saturated heterocycles. The summed E-state index contributed by atoms with van der Waals surface area (Å²) >= 11 is 0. The molecule has 0 amide bonds. The molecular weight excluding hydrogens is 302 g/mol. The van der Waals surface area contributed by atoms with Crippen molar-refractivity contribution < 1.29 is 14.9 Å². The topological polar surface area (TPSA) is 116 Å². The Labute approximate surface area is 131 Å². The van der Waals surface area contributed by atoms with Gasteiger partial charge in [-0.2, -0.15) is 0 Å². The predicted molar refractivity (Wildman–Crippen MR) is 83.8 cm³/mol.